The third kappa shape index (κ3) is 3.28. The van der Waals surface area contributed by atoms with E-state index in [2.05, 4.69) is 25.3 Å². The number of rotatable bonds is 4. The Morgan fingerprint density at radius 1 is 1.47 bits per heavy atom. The summed E-state index contributed by atoms with van der Waals surface area (Å²) in [4.78, 5) is 26.1. The van der Waals surface area contributed by atoms with Crippen molar-refractivity contribution in [1.82, 2.24) is 19.9 Å². The first kappa shape index (κ1) is 11.6. The second-order valence-electron chi connectivity index (χ2n) is 3.11. The first-order valence-corrected chi connectivity index (χ1v) is 5.88. The van der Waals surface area contributed by atoms with Crippen LogP contribution in [0.25, 0.3) is 0 Å². The molecule has 0 saturated carbocycles. The van der Waals surface area contributed by atoms with E-state index in [4.69, 9.17) is 0 Å². The molecule has 0 aromatic carbocycles. The van der Waals surface area contributed by atoms with E-state index in [-0.39, 0.29) is 5.56 Å². The maximum absolute atomic E-state index is 11.1. The molecule has 0 spiro atoms. The molecule has 2 aromatic heterocycles. The highest BCUT2D eigenvalue weighted by molar-refractivity contribution is 7.99. The van der Waals surface area contributed by atoms with E-state index in [1.165, 1.54) is 24.0 Å². The molecular weight excluding hydrogens is 238 g/mol. The van der Waals surface area contributed by atoms with Crippen LogP contribution >= 0.6 is 11.8 Å². The standard InChI is InChI=1S/C10H11N5OS/c1-2-12-7-5-11-6-9(14-7)17-10-13-4-3-8(16)15-10/h3-6H,2H2,1H3,(H,12,14)(H,13,15,16). The van der Waals surface area contributed by atoms with E-state index >= 15 is 0 Å². The lowest BCUT2D eigenvalue weighted by Gasteiger charge is -2.03. The van der Waals surface area contributed by atoms with E-state index in [0.717, 1.165) is 6.54 Å². The molecule has 0 atom stereocenters. The van der Waals surface area contributed by atoms with Gasteiger partial charge in [0.1, 0.15) is 10.8 Å². The van der Waals surface area contributed by atoms with Crippen LogP contribution in [0.1, 0.15) is 6.92 Å². The molecule has 7 heteroatoms. The summed E-state index contributed by atoms with van der Waals surface area (Å²) in [5.41, 5.74) is -0.182. The molecule has 2 rings (SSSR count). The van der Waals surface area contributed by atoms with E-state index in [1.807, 2.05) is 6.92 Å². The van der Waals surface area contributed by atoms with Gasteiger partial charge in [-0.2, -0.15) is 0 Å². The van der Waals surface area contributed by atoms with Gasteiger partial charge in [-0.3, -0.25) is 9.78 Å². The number of H-pyrrole nitrogens is 1. The maximum Gasteiger partial charge on any atom is 0.251 e. The summed E-state index contributed by atoms with van der Waals surface area (Å²) in [5, 5.41) is 4.24. The van der Waals surface area contributed by atoms with Crippen LogP contribution in [0.15, 0.2) is 39.6 Å². The molecule has 0 fully saturated rings. The van der Waals surface area contributed by atoms with Gasteiger partial charge in [-0.15, -0.1) is 0 Å². The average Bonchev–Trinajstić information content (AvgIpc) is 2.30. The van der Waals surface area contributed by atoms with E-state index < -0.39 is 0 Å². The van der Waals surface area contributed by atoms with Gasteiger partial charge in [0, 0.05) is 18.8 Å². The predicted molar refractivity (Wildman–Crippen MR) is 65.2 cm³/mol. The van der Waals surface area contributed by atoms with Crippen molar-refractivity contribution in [2.24, 2.45) is 0 Å². The number of hydrogen-bond donors (Lipinski definition) is 2. The lowest BCUT2D eigenvalue weighted by Crippen LogP contribution is -2.05. The van der Waals surface area contributed by atoms with Crippen LogP contribution in [-0.2, 0) is 0 Å². The lowest BCUT2D eigenvalue weighted by molar-refractivity contribution is 0.928. The van der Waals surface area contributed by atoms with Crippen molar-refractivity contribution in [3.63, 3.8) is 0 Å². The van der Waals surface area contributed by atoms with Crippen molar-refractivity contribution in [3.8, 4) is 0 Å². The number of hydrogen-bond acceptors (Lipinski definition) is 6. The Morgan fingerprint density at radius 3 is 3.12 bits per heavy atom. The summed E-state index contributed by atoms with van der Waals surface area (Å²) in [6.45, 7) is 2.76. The van der Waals surface area contributed by atoms with E-state index in [0.29, 0.717) is 16.0 Å². The summed E-state index contributed by atoms with van der Waals surface area (Å²) in [5.74, 6) is 0.704. The Morgan fingerprint density at radius 2 is 2.35 bits per heavy atom. The fourth-order valence-corrected chi connectivity index (χ4v) is 1.89. The molecule has 0 radical (unpaired) electrons. The maximum atomic E-state index is 11.1. The van der Waals surface area contributed by atoms with Crippen LogP contribution in [-0.4, -0.2) is 26.5 Å². The van der Waals surface area contributed by atoms with Crippen molar-refractivity contribution in [2.45, 2.75) is 17.1 Å². The van der Waals surface area contributed by atoms with Gasteiger partial charge < -0.3 is 10.3 Å². The minimum atomic E-state index is -0.182. The molecule has 0 saturated heterocycles. The molecule has 0 amide bonds. The van der Waals surface area contributed by atoms with Crippen molar-refractivity contribution in [3.05, 3.63) is 35.0 Å². The highest BCUT2D eigenvalue weighted by Gasteiger charge is 2.02. The quantitative estimate of drug-likeness (QED) is 0.791. The molecule has 2 N–H and O–H groups in total. The minimum Gasteiger partial charge on any atom is -0.369 e. The van der Waals surface area contributed by atoms with Gasteiger partial charge >= 0.3 is 0 Å². The predicted octanol–water partition coefficient (Wildman–Crippen LogP) is 1.14. The van der Waals surface area contributed by atoms with Crippen LogP contribution in [0.5, 0.6) is 0 Å². The Balaban J connectivity index is 2.18. The third-order valence-corrected chi connectivity index (χ3v) is 2.63. The highest BCUT2D eigenvalue weighted by atomic mass is 32.2. The van der Waals surface area contributed by atoms with Crippen LogP contribution in [0.2, 0.25) is 0 Å². The Bertz CT molecular complexity index is 556. The van der Waals surface area contributed by atoms with Crippen molar-refractivity contribution < 1.29 is 0 Å². The van der Waals surface area contributed by atoms with Crippen molar-refractivity contribution in [1.29, 1.82) is 0 Å². The van der Waals surface area contributed by atoms with Gasteiger partial charge in [0.05, 0.1) is 12.4 Å². The molecule has 0 unspecified atom stereocenters. The molecule has 0 aliphatic heterocycles. The van der Waals surface area contributed by atoms with E-state index in [1.54, 1.807) is 12.4 Å². The molecule has 2 heterocycles. The van der Waals surface area contributed by atoms with Gasteiger partial charge in [0.15, 0.2) is 5.16 Å². The number of nitrogens with zero attached hydrogens (tertiary/aromatic N) is 3. The summed E-state index contributed by atoms with van der Waals surface area (Å²) in [7, 11) is 0. The molecular formula is C10H11N5OS. The fraction of sp³-hybridized carbons (Fsp3) is 0.200. The first-order chi connectivity index (χ1) is 8.28. The van der Waals surface area contributed by atoms with E-state index in [9.17, 15) is 4.79 Å². The third-order valence-electron chi connectivity index (χ3n) is 1.82. The monoisotopic (exact) mass is 249 g/mol. The zero-order valence-corrected chi connectivity index (χ0v) is 9.99. The van der Waals surface area contributed by atoms with Gasteiger partial charge in [-0.1, -0.05) is 0 Å². The highest BCUT2D eigenvalue weighted by Crippen LogP contribution is 2.21. The summed E-state index contributed by atoms with van der Waals surface area (Å²) in [6, 6.07) is 1.37. The average molecular weight is 249 g/mol. The summed E-state index contributed by atoms with van der Waals surface area (Å²) >= 11 is 1.26. The molecule has 0 bridgehead atoms. The SMILES string of the molecule is CCNc1cncc(Sc2nccc(=O)[nH]2)n1. The topological polar surface area (TPSA) is 83.6 Å². The number of nitrogens with one attached hydrogen (secondary N) is 2. The number of aromatic amines is 1. The fourth-order valence-electron chi connectivity index (χ4n) is 1.17. The van der Waals surface area contributed by atoms with Gasteiger partial charge in [-0.05, 0) is 18.7 Å². The minimum absolute atomic E-state index is 0.182. The Kier molecular flexibility index (Phi) is 3.71. The smallest absolute Gasteiger partial charge is 0.251 e. The number of anilines is 1. The molecule has 0 aliphatic carbocycles. The molecule has 17 heavy (non-hydrogen) atoms. The van der Waals surface area contributed by atoms with Crippen molar-refractivity contribution in [2.75, 3.05) is 11.9 Å². The number of aromatic nitrogens is 4. The van der Waals surface area contributed by atoms with Crippen LogP contribution < -0.4 is 10.9 Å². The molecule has 88 valence electrons. The summed E-state index contributed by atoms with van der Waals surface area (Å²) < 4.78 is 0. The zero-order valence-electron chi connectivity index (χ0n) is 9.17. The molecule has 6 nitrogen and oxygen atoms in total. The van der Waals surface area contributed by atoms with Crippen molar-refractivity contribution >= 4 is 17.6 Å². The second kappa shape index (κ2) is 5.44. The molecule has 0 aliphatic rings. The van der Waals surface area contributed by atoms with Crippen LogP contribution in [0.4, 0.5) is 5.82 Å². The zero-order chi connectivity index (χ0) is 12.1. The normalized spacial score (nSPS) is 10.2. The Labute approximate surface area is 102 Å². The largest absolute Gasteiger partial charge is 0.369 e. The molecule has 2 aromatic rings. The van der Waals surface area contributed by atoms with Gasteiger partial charge in [-0.25, -0.2) is 9.97 Å². The first-order valence-electron chi connectivity index (χ1n) is 5.07. The summed E-state index contributed by atoms with van der Waals surface area (Å²) in [6.07, 6.45) is 4.73. The Hall–Kier alpha value is -1.89. The lowest BCUT2D eigenvalue weighted by atomic mass is 10.6. The van der Waals surface area contributed by atoms with Crippen LogP contribution in [0, 0.1) is 0 Å². The van der Waals surface area contributed by atoms with Gasteiger partial charge in [0.2, 0.25) is 0 Å². The second-order valence-corrected chi connectivity index (χ2v) is 4.12. The van der Waals surface area contributed by atoms with Gasteiger partial charge in [0.25, 0.3) is 5.56 Å². The van der Waals surface area contributed by atoms with Crippen LogP contribution in [0.3, 0.4) is 0 Å².